The summed E-state index contributed by atoms with van der Waals surface area (Å²) >= 11 is 0. The van der Waals surface area contributed by atoms with E-state index >= 15 is 0 Å². The van der Waals surface area contributed by atoms with E-state index in [0.29, 0.717) is 0 Å². The second-order valence-electron chi connectivity index (χ2n) is 6.11. The SMILES string of the molecule is CCOC(=O)C(=NNC1=C(C)C(C)C(c2ccccc2)C1=O)C(=O)OCC. The molecule has 0 saturated heterocycles. The third kappa shape index (κ3) is 4.42. The average Bonchev–Trinajstić information content (AvgIpc) is 2.86. The van der Waals surface area contributed by atoms with Crippen LogP contribution in [0.5, 0.6) is 0 Å². The number of hydrogen-bond acceptors (Lipinski definition) is 7. The smallest absolute Gasteiger partial charge is 0.366 e. The first-order valence-corrected chi connectivity index (χ1v) is 8.90. The van der Waals surface area contributed by atoms with E-state index < -0.39 is 17.7 Å². The van der Waals surface area contributed by atoms with Gasteiger partial charge in [-0.2, -0.15) is 5.10 Å². The molecular weight excluding hydrogens is 348 g/mol. The second kappa shape index (κ2) is 9.12. The predicted molar refractivity (Wildman–Crippen MR) is 99.9 cm³/mol. The number of rotatable bonds is 7. The number of nitrogens with one attached hydrogen (secondary N) is 1. The molecule has 0 fully saturated rings. The van der Waals surface area contributed by atoms with Crippen LogP contribution < -0.4 is 5.43 Å². The van der Waals surface area contributed by atoms with Gasteiger partial charge in [0.05, 0.1) is 24.8 Å². The Hall–Kier alpha value is -2.96. The topological polar surface area (TPSA) is 94.1 Å². The molecule has 0 saturated carbocycles. The summed E-state index contributed by atoms with van der Waals surface area (Å²) in [6, 6.07) is 9.46. The Balaban J connectivity index is 2.28. The van der Waals surface area contributed by atoms with Gasteiger partial charge in [0.15, 0.2) is 5.78 Å². The van der Waals surface area contributed by atoms with Crippen LogP contribution in [-0.2, 0) is 23.9 Å². The molecule has 0 heterocycles. The fourth-order valence-corrected chi connectivity index (χ4v) is 2.98. The van der Waals surface area contributed by atoms with E-state index in [1.165, 1.54) is 0 Å². The minimum absolute atomic E-state index is 0.0359. The van der Waals surface area contributed by atoms with Crippen LogP contribution in [0.2, 0.25) is 0 Å². The Morgan fingerprint density at radius 2 is 1.63 bits per heavy atom. The van der Waals surface area contributed by atoms with Crippen molar-refractivity contribution in [1.29, 1.82) is 0 Å². The van der Waals surface area contributed by atoms with E-state index in [0.717, 1.165) is 11.1 Å². The summed E-state index contributed by atoms with van der Waals surface area (Å²) in [5.74, 6) is -2.31. The maximum absolute atomic E-state index is 12.9. The highest BCUT2D eigenvalue weighted by Gasteiger charge is 2.38. The number of esters is 2. The molecule has 1 aromatic rings. The van der Waals surface area contributed by atoms with Crippen LogP contribution in [0.1, 0.15) is 39.2 Å². The zero-order valence-electron chi connectivity index (χ0n) is 15.9. The van der Waals surface area contributed by atoms with Gasteiger partial charge in [-0.25, -0.2) is 9.59 Å². The molecule has 27 heavy (non-hydrogen) atoms. The maximum atomic E-state index is 12.9. The molecule has 2 unspecified atom stereocenters. The van der Waals surface area contributed by atoms with Crippen LogP contribution in [0.15, 0.2) is 46.7 Å². The first-order valence-electron chi connectivity index (χ1n) is 8.90. The van der Waals surface area contributed by atoms with E-state index in [2.05, 4.69) is 10.5 Å². The number of Topliss-reactive ketones (excluding diaryl/α,β-unsaturated/α-hetero) is 1. The van der Waals surface area contributed by atoms with E-state index in [1.54, 1.807) is 13.8 Å². The Kier molecular flexibility index (Phi) is 6.87. The minimum atomic E-state index is -0.903. The number of benzene rings is 1. The van der Waals surface area contributed by atoms with Crippen LogP contribution in [0.3, 0.4) is 0 Å². The molecule has 7 heteroatoms. The fraction of sp³-hybridized carbons (Fsp3) is 0.400. The molecule has 1 aliphatic carbocycles. The van der Waals surface area contributed by atoms with Crippen molar-refractivity contribution in [3.05, 3.63) is 47.2 Å². The van der Waals surface area contributed by atoms with Crippen molar-refractivity contribution in [2.45, 2.75) is 33.6 Å². The van der Waals surface area contributed by atoms with Crippen LogP contribution in [-0.4, -0.2) is 36.6 Å². The predicted octanol–water partition coefficient (Wildman–Crippen LogP) is 2.33. The normalized spacial score (nSPS) is 18.9. The minimum Gasteiger partial charge on any atom is -0.461 e. The van der Waals surface area contributed by atoms with E-state index in [-0.39, 0.29) is 36.5 Å². The lowest BCUT2D eigenvalue weighted by atomic mass is 9.87. The summed E-state index contributed by atoms with van der Waals surface area (Å²) in [5.41, 5.74) is 4.08. The maximum Gasteiger partial charge on any atom is 0.366 e. The molecule has 1 N–H and O–H groups in total. The molecule has 2 rings (SSSR count). The van der Waals surface area contributed by atoms with Gasteiger partial charge in [0.25, 0.3) is 5.71 Å². The van der Waals surface area contributed by atoms with Crippen molar-refractivity contribution in [3.63, 3.8) is 0 Å². The molecule has 0 radical (unpaired) electrons. The lowest BCUT2D eigenvalue weighted by molar-refractivity contribution is -0.140. The van der Waals surface area contributed by atoms with Gasteiger partial charge in [0.1, 0.15) is 0 Å². The van der Waals surface area contributed by atoms with Gasteiger partial charge >= 0.3 is 11.9 Å². The van der Waals surface area contributed by atoms with Gasteiger partial charge in [-0.1, -0.05) is 37.3 Å². The lowest BCUT2D eigenvalue weighted by Gasteiger charge is -2.15. The van der Waals surface area contributed by atoms with Gasteiger partial charge in [0.2, 0.25) is 0 Å². The lowest BCUT2D eigenvalue weighted by Crippen LogP contribution is -2.31. The number of nitrogens with zero attached hydrogens (tertiary/aromatic N) is 1. The summed E-state index contributed by atoms with van der Waals surface area (Å²) in [6.07, 6.45) is 0. The van der Waals surface area contributed by atoms with Crippen molar-refractivity contribution < 1.29 is 23.9 Å². The van der Waals surface area contributed by atoms with Crippen molar-refractivity contribution in [2.75, 3.05) is 13.2 Å². The van der Waals surface area contributed by atoms with Gasteiger partial charge in [-0.15, -0.1) is 0 Å². The number of carbonyl (C=O) groups excluding carboxylic acids is 3. The number of carbonyl (C=O) groups is 3. The number of hydrogen-bond donors (Lipinski definition) is 1. The summed E-state index contributed by atoms with van der Waals surface area (Å²) in [5, 5.41) is 3.85. The summed E-state index contributed by atoms with van der Waals surface area (Å²) in [6.45, 7) is 7.20. The number of ether oxygens (including phenoxy) is 2. The van der Waals surface area contributed by atoms with E-state index in [9.17, 15) is 14.4 Å². The molecule has 7 nitrogen and oxygen atoms in total. The molecule has 144 valence electrons. The third-order valence-electron chi connectivity index (χ3n) is 4.48. The highest BCUT2D eigenvalue weighted by molar-refractivity contribution is 6.62. The standard InChI is InChI=1S/C20H24N2O5/c1-5-26-19(24)17(20(25)27-6-2)22-21-16-13(4)12(3)15(18(16)23)14-10-8-7-9-11-14/h7-12,15,21H,5-6H2,1-4H3. The van der Waals surface area contributed by atoms with E-state index in [4.69, 9.17) is 9.47 Å². The van der Waals surface area contributed by atoms with Gasteiger partial charge in [-0.3, -0.25) is 10.2 Å². The van der Waals surface area contributed by atoms with Gasteiger partial charge < -0.3 is 9.47 Å². The number of ketones is 1. The van der Waals surface area contributed by atoms with Gasteiger partial charge in [-0.05, 0) is 37.8 Å². The highest BCUT2D eigenvalue weighted by Crippen LogP contribution is 2.39. The van der Waals surface area contributed by atoms with Gasteiger partial charge in [0, 0.05) is 0 Å². The summed E-state index contributed by atoms with van der Waals surface area (Å²) in [4.78, 5) is 36.9. The van der Waals surface area contributed by atoms with Crippen molar-refractivity contribution >= 4 is 23.4 Å². The number of allylic oxidation sites excluding steroid dienone is 2. The van der Waals surface area contributed by atoms with Crippen molar-refractivity contribution in [3.8, 4) is 0 Å². The van der Waals surface area contributed by atoms with Crippen LogP contribution in [0.25, 0.3) is 0 Å². The first-order chi connectivity index (χ1) is 12.9. The zero-order valence-corrected chi connectivity index (χ0v) is 15.9. The molecule has 0 aromatic heterocycles. The molecule has 0 bridgehead atoms. The van der Waals surface area contributed by atoms with Crippen LogP contribution >= 0.6 is 0 Å². The third-order valence-corrected chi connectivity index (χ3v) is 4.48. The quantitative estimate of drug-likeness (QED) is 0.342. The molecule has 2 atom stereocenters. The van der Waals surface area contributed by atoms with Crippen molar-refractivity contribution in [2.24, 2.45) is 11.0 Å². The average molecular weight is 372 g/mol. The Bertz CT molecular complexity index is 763. The van der Waals surface area contributed by atoms with Crippen LogP contribution in [0.4, 0.5) is 0 Å². The summed E-state index contributed by atoms with van der Waals surface area (Å²) < 4.78 is 9.68. The fourth-order valence-electron chi connectivity index (χ4n) is 2.98. The Morgan fingerprint density at radius 3 is 2.15 bits per heavy atom. The number of hydrazone groups is 1. The van der Waals surface area contributed by atoms with Crippen LogP contribution in [0, 0.1) is 5.92 Å². The zero-order chi connectivity index (χ0) is 20.0. The molecule has 1 aromatic carbocycles. The van der Waals surface area contributed by atoms with Crippen molar-refractivity contribution in [1.82, 2.24) is 5.43 Å². The second-order valence-corrected chi connectivity index (χ2v) is 6.11. The highest BCUT2D eigenvalue weighted by atomic mass is 16.6. The summed E-state index contributed by atoms with van der Waals surface area (Å²) in [7, 11) is 0. The molecule has 0 aliphatic heterocycles. The monoisotopic (exact) mass is 372 g/mol. The molecular formula is C20H24N2O5. The largest absolute Gasteiger partial charge is 0.461 e. The molecule has 1 aliphatic rings. The first kappa shape index (κ1) is 20.4. The molecule has 0 amide bonds. The van der Waals surface area contributed by atoms with E-state index in [1.807, 2.05) is 44.2 Å². The Labute approximate surface area is 158 Å². The molecule has 0 spiro atoms. The Morgan fingerprint density at radius 1 is 1.07 bits per heavy atom.